The van der Waals surface area contributed by atoms with Crippen LogP contribution in [0.25, 0.3) is 11.3 Å². The topological polar surface area (TPSA) is 66.5 Å². The maximum absolute atomic E-state index is 3.99. The molecule has 3 aromatic rings. The molecule has 3 rings (SSSR count). The van der Waals surface area contributed by atoms with Crippen molar-refractivity contribution in [1.82, 2.24) is 20.2 Å². The van der Waals surface area contributed by atoms with Gasteiger partial charge < -0.3 is 5.32 Å². The average molecular weight is 251 g/mol. The molecule has 0 bridgehead atoms. The monoisotopic (exact) mass is 251 g/mol. The number of aromatic nitrogens is 4. The zero-order valence-electron chi connectivity index (χ0n) is 10.2. The molecule has 0 saturated carbocycles. The van der Waals surface area contributed by atoms with E-state index in [-0.39, 0.29) is 0 Å². The van der Waals surface area contributed by atoms with E-state index >= 15 is 0 Å². The van der Waals surface area contributed by atoms with Crippen molar-refractivity contribution in [3.8, 4) is 11.3 Å². The summed E-state index contributed by atoms with van der Waals surface area (Å²) < 4.78 is 0. The number of rotatable bonds is 4. The van der Waals surface area contributed by atoms with Crippen molar-refractivity contribution in [3.63, 3.8) is 0 Å². The summed E-state index contributed by atoms with van der Waals surface area (Å²) in [5.74, 6) is 0. The van der Waals surface area contributed by atoms with Crippen LogP contribution in [0.15, 0.2) is 55.2 Å². The first-order valence-corrected chi connectivity index (χ1v) is 5.99. The van der Waals surface area contributed by atoms with Gasteiger partial charge in [-0.05, 0) is 18.2 Å². The van der Waals surface area contributed by atoms with Gasteiger partial charge in [0.05, 0.1) is 5.69 Å². The molecule has 0 unspecified atom stereocenters. The maximum atomic E-state index is 3.99. The molecule has 0 radical (unpaired) electrons. The van der Waals surface area contributed by atoms with E-state index in [1.807, 2.05) is 24.3 Å². The molecule has 2 aromatic heterocycles. The smallest absolute Gasteiger partial charge is 0.115 e. The third kappa shape index (κ3) is 2.77. The zero-order chi connectivity index (χ0) is 12.9. The van der Waals surface area contributed by atoms with E-state index in [0.29, 0.717) is 6.54 Å². The van der Waals surface area contributed by atoms with Crippen molar-refractivity contribution >= 4 is 5.69 Å². The first-order chi connectivity index (χ1) is 9.42. The maximum Gasteiger partial charge on any atom is 0.115 e. The second-order valence-corrected chi connectivity index (χ2v) is 4.15. The van der Waals surface area contributed by atoms with Crippen LogP contribution in [0.4, 0.5) is 5.69 Å². The summed E-state index contributed by atoms with van der Waals surface area (Å²) in [5, 5.41) is 10.3. The fourth-order valence-electron chi connectivity index (χ4n) is 1.84. The molecule has 0 spiro atoms. The molecular weight excluding hydrogens is 238 g/mol. The number of nitrogens with zero attached hydrogens (tertiary/aromatic N) is 3. The summed E-state index contributed by atoms with van der Waals surface area (Å²) in [6.07, 6.45) is 6.89. The SMILES string of the molecule is c1cc(NCc2cncnc2)cc(-c2ccn[nH]2)c1. The molecule has 0 atom stereocenters. The number of hydrogen-bond donors (Lipinski definition) is 2. The number of H-pyrrole nitrogens is 1. The highest BCUT2D eigenvalue weighted by molar-refractivity contribution is 5.64. The number of anilines is 1. The highest BCUT2D eigenvalue weighted by Crippen LogP contribution is 2.20. The number of hydrogen-bond acceptors (Lipinski definition) is 4. The molecule has 0 saturated heterocycles. The number of aromatic amines is 1. The van der Waals surface area contributed by atoms with E-state index in [2.05, 4.69) is 31.5 Å². The lowest BCUT2D eigenvalue weighted by Crippen LogP contribution is -2.00. The molecule has 0 amide bonds. The molecule has 2 heterocycles. The van der Waals surface area contributed by atoms with Crippen molar-refractivity contribution in [2.45, 2.75) is 6.54 Å². The summed E-state index contributed by atoms with van der Waals surface area (Å²) in [6, 6.07) is 10.1. The predicted octanol–water partition coefficient (Wildman–Crippen LogP) is 2.48. The van der Waals surface area contributed by atoms with Gasteiger partial charge in [-0.2, -0.15) is 5.10 Å². The quantitative estimate of drug-likeness (QED) is 0.747. The van der Waals surface area contributed by atoms with E-state index in [9.17, 15) is 0 Å². The van der Waals surface area contributed by atoms with Crippen LogP contribution >= 0.6 is 0 Å². The predicted molar refractivity (Wildman–Crippen MR) is 73.4 cm³/mol. The second kappa shape index (κ2) is 5.30. The van der Waals surface area contributed by atoms with Crippen molar-refractivity contribution in [2.24, 2.45) is 0 Å². The summed E-state index contributed by atoms with van der Waals surface area (Å²) in [4.78, 5) is 7.98. The Bertz CT molecular complexity index is 634. The summed E-state index contributed by atoms with van der Waals surface area (Å²) in [5.41, 5.74) is 4.21. The molecule has 5 nitrogen and oxygen atoms in total. The minimum Gasteiger partial charge on any atom is -0.381 e. The Balaban J connectivity index is 1.74. The molecular formula is C14H13N5. The van der Waals surface area contributed by atoms with Crippen LogP contribution in [0.2, 0.25) is 0 Å². The van der Waals surface area contributed by atoms with E-state index in [1.54, 1.807) is 18.6 Å². The highest BCUT2D eigenvalue weighted by atomic mass is 15.1. The Morgan fingerprint density at radius 2 is 2.00 bits per heavy atom. The number of benzene rings is 1. The van der Waals surface area contributed by atoms with E-state index in [4.69, 9.17) is 0 Å². The molecule has 94 valence electrons. The Morgan fingerprint density at radius 3 is 2.79 bits per heavy atom. The van der Waals surface area contributed by atoms with Gasteiger partial charge in [-0.1, -0.05) is 12.1 Å². The molecule has 1 aromatic carbocycles. The van der Waals surface area contributed by atoms with E-state index in [0.717, 1.165) is 22.5 Å². The van der Waals surface area contributed by atoms with Crippen LogP contribution < -0.4 is 5.32 Å². The Morgan fingerprint density at radius 1 is 1.11 bits per heavy atom. The Labute approximate surface area is 110 Å². The Hall–Kier alpha value is -2.69. The largest absolute Gasteiger partial charge is 0.381 e. The van der Waals surface area contributed by atoms with E-state index < -0.39 is 0 Å². The molecule has 0 fully saturated rings. The third-order valence-electron chi connectivity index (χ3n) is 2.79. The Kier molecular flexibility index (Phi) is 3.18. The van der Waals surface area contributed by atoms with Gasteiger partial charge >= 0.3 is 0 Å². The van der Waals surface area contributed by atoms with Crippen molar-refractivity contribution in [2.75, 3.05) is 5.32 Å². The molecule has 5 heteroatoms. The summed E-state index contributed by atoms with van der Waals surface area (Å²) in [7, 11) is 0. The lowest BCUT2D eigenvalue weighted by Gasteiger charge is -2.07. The molecule has 0 aliphatic rings. The van der Waals surface area contributed by atoms with Gasteiger partial charge in [0.25, 0.3) is 0 Å². The van der Waals surface area contributed by atoms with Crippen molar-refractivity contribution < 1.29 is 0 Å². The van der Waals surface area contributed by atoms with Crippen LogP contribution in [0.5, 0.6) is 0 Å². The van der Waals surface area contributed by atoms with Crippen LogP contribution in [0.1, 0.15) is 5.56 Å². The normalized spacial score (nSPS) is 10.3. The fourth-order valence-corrected chi connectivity index (χ4v) is 1.84. The van der Waals surface area contributed by atoms with Crippen LogP contribution in [-0.2, 0) is 6.54 Å². The average Bonchev–Trinajstić information content (AvgIpc) is 3.01. The minimum atomic E-state index is 0.702. The van der Waals surface area contributed by atoms with Gasteiger partial charge in [0.2, 0.25) is 0 Å². The van der Waals surface area contributed by atoms with Gasteiger partial charge in [0.15, 0.2) is 0 Å². The molecule has 2 N–H and O–H groups in total. The fraction of sp³-hybridized carbons (Fsp3) is 0.0714. The van der Waals surface area contributed by atoms with Crippen molar-refractivity contribution in [1.29, 1.82) is 0 Å². The van der Waals surface area contributed by atoms with Gasteiger partial charge in [0, 0.05) is 41.9 Å². The van der Waals surface area contributed by atoms with Crippen LogP contribution in [0, 0.1) is 0 Å². The van der Waals surface area contributed by atoms with Gasteiger partial charge in [-0.3, -0.25) is 5.10 Å². The standard InChI is InChI=1S/C14H13N5/c1-2-12(14-4-5-18-19-14)6-13(3-1)17-9-11-7-15-10-16-8-11/h1-8,10,17H,9H2,(H,18,19). The third-order valence-corrected chi connectivity index (χ3v) is 2.79. The first kappa shape index (κ1) is 11.4. The lowest BCUT2D eigenvalue weighted by molar-refractivity contribution is 1.05. The molecule has 0 aliphatic heterocycles. The van der Waals surface area contributed by atoms with Crippen LogP contribution in [-0.4, -0.2) is 20.2 Å². The first-order valence-electron chi connectivity index (χ1n) is 5.99. The number of nitrogens with one attached hydrogen (secondary N) is 2. The zero-order valence-corrected chi connectivity index (χ0v) is 10.2. The molecule has 0 aliphatic carbocycles. The lowest BCUT2D eigenvalue weighted by atomic mass is 10.1. The van der Waals surface area contributed by atoms with Gasteiger partial charge in [-0.15, -0.1) is 0 Å². The van der Waals surface area contributed by atoms with Gasteiger partial charge in [-0.25, -0.2) is 9.97 Å². The minimum absolute atomic E-state index is 0.702. The summed E-state index contributed by atoms with van der Waals surface area (Å²) >= 11 is 0. The summed E-state index contributed by atoms with van der Waals surface area (Å²) in [6.45, 7) is 0.702. The van der Waals surface area contributed by atoms with Crippen LogP contribution in [0.3, 0.4) is 0 Å². The highest BCUT2D eigenvalue weighted by Gasteiger charge is 2.00. The van der Waals surface area contributed by atoms with Gasteiger partial charge in [0.1, 0.15) is 6.33 Å². The molecule has 19 heavy (non-hydrogen) atoms. The van der Waals surface area contributed by atoms with E-state index in [1.165, 1.54) is 6.33 Å². The second-order valence-electron chi connectivity index (χ2n) is 4.15. The van der Waals surface area contributed by atoms with Crippen molar-refractivity contribution in [3.05, 3.63) is 60.8 Å².